The van der Waals surface area contributed by atoms with E-state index in [0.29, 0.717) is 29.5 Å². The lowest BCUT2D eigenvalue weighted by Gasteiger charge is -2.24. The molecule has 116 valence electrons. The normalized spacial score (nSPS) is 18.7. The number of rotatable bonds is 2. The Morgan fingerprint density at radius 2 is 2.14 bits per heavy atom. The van der Waals surface area contributed by atoms with Gasteiger partial charge in [-0.1, -0.05) is 11.6 Å². The Morgan fingerprint density at radius 3 is 2.76 bits per heavy atom. The molecule has 0 bridgehead atoms. The lowest BCUT2D eigenvalue weighted by molar-refractivity contribution is 0.0276. The van der Waals surface area contributed by atoms with E-state index in [-0.39, 0.29) is 12.2 Å². The predicted molar refractivity (Wildman–Crippen MR) is 82.7 cm³/mol. The lowest BCUT2D eigenvalue weighted by Crippen LogP contribution is -2.36. The number of amides is 1. The highest BCUT2D eigenvalue weighted by Crippen LogP contribution is 2.29. The molecule has 2 N–H and O–H groups in total. The highest BCUT2D eigenvalue weighted by molar-refractivity contribution is 6.32. The van der Waals surface area contributed by atoms with Gasteiger partial charge in [0.15, 0.2) is 0 Å². The zero-order chi connectivity index (χ0) is 15.6. The number of hydrogen-bond donors (Lipinski definition) is 1. The molecule has 2 rings (SSSR count). The van der Waals surface area contributed by atoms with Crippen molar-refractivity contribution in [2.45, 2.75) is 38.9 Å². The Kier molecular flexibility index (Phi) is 4.52. The Labute approximate surface area is 130 Å². The number of anilines is 1. The molecule has 1 aliphatic heterocycles. The standard InChI is InChI=1S/C15H21ClN2O3/c1-15(2,3)21-14(19)18-7-6-11(9-18)20-13-5-4-10(17)8-12(13)16/h4-5,8,11H,6-7,9,17H2,1-3H3. The molecule has 0 aromatic heterocycles. The number of nitrogens with zero attached hydrogens (tertiary/aromatic N) is 1. The van der Waals surface area contributed by atoms with Gasteiger partial charge in [0.25, 0.3) is 0 Å². The third kappa shape index (κ3) is 4.43. The van der Waals surface area contributed by atoms with Crippen molar-refractivity contribution in [3.8, 4) is 5.75 Å². The number of carbonyl (C=O) groups excluding carboxylic acids is 1. The number of nitrogens with two attached hydrogens (primary N) is 1. The van der Waals surface area contributed by atoms with E-state index in [1.807, 2.05) is 20.8 Å². The summed E-state index contributed by atoms with van der Waals surface area (Å²) in [6.07, 6.45) is 0.357. The van der Waals surface area contributed by atoms with Crippen LogP contribution in [0.5, 0.6) is 5.75 Å². The maximum atomic E-state index is 12.0. The van der Waals surface area contributed by atoms with Crippen LogP contribution in [0.2, 0.25) is 5.02 Å². The van der Waals surface area contributed by atoms with Gasteiger partial charge in [0.1, 0.15) is 17.5 Å². The number of halogens is 1. The molecule has 1 aromatic rings. The quantitative estimate of drug-likeness (QED) is 0.851. The molecule has 0 spiro atoms. The number of ether oxygens (including phenoxy) is 2. The van der Waals surface area contributed by atoms with Crippen LogP contribution in [0.1, 0.15) is 27.2 Å². The van der Waals surface area contributed by atoms with E-state index in [1.165, 1.54) is 0 Å². The molecular weight excluding hydrogens is 292 g/mol. The lowest BCUT2D eigenvalue weighted by atomic mass is 10.2. The first-order chi connectivity index (χ1) is 9.74. The van der Waals surface area contributed by atoms with Crippen molar-refractivity contribution < 1.29 is 14.3 Å². The molecular formula is C15H21ClN2O3. The van der Waals surface area contributed by atoms with Crippen molar-refractivity contribution >= 4 is 23.4 Å². The van der Waals surface area contributed by atoms with E-state index < -0.39 is 5.60 Å². The van der Waals surface area contributed by atoms with Crippen LogP contribution >= 0.6 is 11.6 Å². The smallest absolute Gasteiger partial charge is 0.410 e. The highest BCUT2D eigenvalue weighted by atomic mass is 35.5. The molecule has 1 saturated heterocycles. The minimum atomic E-state index is -0.490. The van der Waals surface area contributed by atoms with Gasteiger partial charge in [-0.25, -0.2) is 4.79 Å². The molecule has 0 radical (unpaired) electrons. The van der Waals surface area contributed by atoms with Gasteiger partial charge in [0.2, 0.25) is 0 Å². The van der Waals surface area contributed by atoms with Crippen LogP contribution in [-0.4, -0.2) is 35.8 Å². The van der Waals surface area contributed by atoms with Crippen LogP contribution < -0.4 is 10.5 Å². The molecule has 6 heteroatoms. The number of carbonyl (C=O) groups is 1. The highest BCUT2D eigenvalue weighted by Gasteiger charge is 2.31. The van der Waals surface area contributed by atoms with Crippen LogP contribution in [0.25, 0.3) is 0 Å². The molecule has 1 aliphatic rings. The summed E-state index contributed by atoms with van der Waals surface area (Å²) in [5.74, 6) is 0.585. The third-order valence-corrected chi connectivity index (χ3v) is 3.34. The average Bonchev–Trinajstić information content (AvgIpc) is 2.79. The largest absolute Gasteiger partial charge is 0.487 e. The van der Waals surface area contributed by atoms with Crippen LogP contribution in [-0.2, 0) is 4.74 Å². The van der Waals surface area contributed by atoms with Crippen molar-refractivity contribution in [3.05, 3.63) is 23.2 Å². The maximum Gasteiger partial charge on any atom is 0.410 e. The van der Waals surface area contributed by atoms with Gasteiger partial charge in [-0.05, 0) is 39.0 Å². The summed E-state index contributed by atoms with van der Waals surface area (Å²) in [5.41, 5.74) is 5.75. The van der Waals surface area contributed by atoms with E-state index in [0.717, 1.165) is 6.42 Å². The monoisotopic (exact) mass is 312 g/mol. The number of likely N-dealkylation sites (tertiary alicyclic amines) is 1. The average molecular weight is 313 g/mol. The van der Waals surface area contributed by atoms with E-state index >= 15 is 0 Å². The minimum absolute atomic E-state index is 0.0846. The second kappa shape index (κ2) is 6.02. The molecule has 1 unspecified atom stereocenters. The number of hydrogen-bond acceptors (Lipinski definition) is 4. The number of benzene rings is 1. The van der Waals surface area contributed by atoms with Gasteiger partial charge in [0.05, 0.1) is 11.6 Å². The van der Waals surface area contributed by atoms with E-state index in [1.54, 1.807) is 23.1 Å². The summed E-state index contributed by atoms with van der Waals surface area (Å²) in [4.78, 5) is 13.6. The van der Waals surface area contributed by atoms with Crippen LogP contribution in [0, 0.1) is 0 Å². The molecule has 1 amide bonds. The fraction of sp³-hybridized carbons (Fsp3) is 0.533. The van der Waals surface area contributed by atoms with E-state index in [4.69, 9.17) is 26.8 Å². The van der Waals surface area contributed by atoms with E-state index in [9.17, 15) is 4.79 Å². The van der Waals surface area contributed by atoms with Gasteiger partial charge in [-0.2, -0.15) is 0 Å². The van der Waals surface area contributed by atoms with Crippen molar-refractivity contribution in [1.82, 2.24) is 4.90 Å². The van der Waals surface area contributed by atoms with Gasteiger partial charge in [-0.3, -0.25) is 0 Å². The zero-order valence-electron chi connectivity index (χ0n) is 12.6. The topological polar surface area (TPSA) is 64.8 Å². The zero-order valence-corrected chi connectivity index (χ0v) is 13.3. The van der Waals surface area contributed by atoms with Crippen molar-refractivity contribution in [2.24, 2.45) is 0 Å². The molecule has 1 fully saturated rings. The first-order valence-electron chi connectivity index (χ1n) is 6.94. The second-order valence-electron chi connectivity index (χ2n) is 6.14. The van der Waals surface area contributed by atoms with Crippen LogP contribution in [0.4, 0.5) is 10.5 Å². The molecule has 1 aromatic carbocycles. The molecule has 21 heavy (non-hydrogen) atoms. The Balaban J connectivity index is 1.92. The van der Waals surface area contributed by atoms with Gasteiger partial charge in [0, 0.05) is 18.7 Å². The molecule has 0 saturated carbocycles. The van der Waals surface area contributed by atoms with Crippen molar-refractivity contribution in [2.75, 3.05) is 18.8 Å². The van der Waals surface area contributed by atoms with Crippen molar-refractivity contribution in [1.29, 1.82) is 0 Å². The molecule has 5 nitrogen and oxygen atoms in total. The summed E-state index contributed by atoms with van der Waals surface area (Å²) >= 11 is 6.08. The minimum Gasteiger partial charge on any atom is -0.487 e. The van der Waals surface area contributed by atoms with Gasteiger partial charge < -0.3 is 20.1 Å². The van der Waals surface area contributed by atoms with Crippen molar-refractivity contribution in [3.63, 3.8) is 0 Å². The second-order valence-corrected chi connectivity index (χ2v) is 6.55. The Bertz CT molecular complexity index is 528. The molecule has 1 atom stereocenters. The predicted octanol–water partition coefficient (Wildman–Crippen LogP) is 3.31. The first kappa shape index (κ1) is 15.8. The third-order valence-electron chi connectivity index (χ3n) is 3.05. The fourth-order valence-electron chi connectivity index (χ4n) is 2.11. The first-order valence-corrected chi connectivity index (χ1v) is 7.32. The molecule has 0 aliphatic carbocycles. The fourth-order valence-corrected chi connectivity index (χ4v) is 2.34. The maximum absolute atomic E-state index is 12.0. The molecule has 1 heterocycles. The Morgan fingerprint density at radius 1 is 1.43 bits per heavy atom. The SMILES string of the molecule is CC(C)(C)OC(=O)N1CCC(Oc2ccc(N)cc2Cl)C1. The van der Waals surface area contributed by atoms with Gasteiger partial charge in [-0.15, -0.1) is 0 Å². The van der Waals surface area contributed by atoms with E-state index in [2.05, 4.69) is 0 Å². The van der Waals surface area contributed by atoms with Gasteiger partial charge >= 0.3 is 6.09 Å². The summed E-state index contributed by atoms with van der Waals surface area (Å²) in [6, 6.07) is 5.13. The summed E-state index contributed by atoms with van der Waals surface area (Å²) < 4.78 is 11.2. The Hall–Kier alpha value is -1.62. The number of nitrogen functional groups attached to an aromatic ring is 1. The summed E-state index contributed by atoms with van der Waals surface area (Å²) in [7, 11) is 0. The van der Waals surface area contributed by atoms with Crippen LogP contribution in [0.3, 0.4) is 0 Å². The van der Waals surface area contributed by atoms with Crippen LogP contribution in [0.15, 0.2) is 18.2 Å². The summed E-state index contributed by atoms with van der Waals surface area (Å²) in [5, 5.41) is 0.478. The summed E-state index contributed by atoms with van der Waals surface area (Å²) in [6.45, 7) is 6.66.